The fourth-order valence-electron chi connectivity index (χ4n) is 2.60. The Morgan fingerprint density at radius 1 is 1.35 bits per heavy atom. The molecule has 1 atom stereocenters. The molecule has 0 aromatic carbocycles. The summed E-state index contributed by atoms with van der Waals surface area (Å²) in [5.41, 5.74) is 0. The minimum Gasteiger partial charge on any atom is -0.374 e. The molecule has 0 aliphatic carbocycles. The summed E-state index contributed by atoms with van der Waals surface area (Å²) in [6.45, 7) is 9.44. The molecule has 1 aliphatic rings. The van der Waals surface area contributed by atoms with Crippen molar-refractivity contribution in [3.8, 4) is 0 Å². The monoisotopic (exact) mass is 278 g/mol. The van der Waals surface area contributed by atoms with Gasteiger partial charge < -0.3 is 15.0 Å². The van der Waals surface area contributed by atoms with Crippen LogP contribution in [-0.4, -0.2) is 35.7 Å². The van der Waals surface area contributed by atoms with E-state index in [1.165, 1.54) is 19.3 Å². The Balaban J connectivity index is 2.22. The first-order valence-corrected chi connectivity index (χ1v) is 7.70. The zero-order chi connectivity index (χ0) is 14.4. The maximum Gasteiger partial charge on any atom is 0.158 e. The molecule has 0 spiro atoms. The average molecular weight is 278 g/mol. The van der Waals surface area contributed by atoms with Gasteiger partial charge in [0, 0.05) is 31.8 Å². The number of hydrogen-bond acceptors (Lipinski definition) is 5. The number of piperidine rings is 1. The van der Waals surface area contributed by atoms with E-state index < -0.39 is 0 Å². The average Bonchev–Trinajstić information content (AvgIpc) is 2.46. The molecule has 0 saturated carbocycles. The van der Waals surface area contributed by atoms with Gasteiger partial charge in [0.15, 0.2) is 5.82 Å². The Morgan fingerprint density at radius 2 is 2.20 bits per heavy atom. The van der Waals surface area contributed by atoms with E-state index in [-0.39, 0.29) is 0 Å². The molecule has 1 N–H and O–H groups in total. The number of nitrogens with one attached hydrogen (secondary N) is 1. The lowest BCUT2D eigenvalue weighted by Crippen LogP contribution is -2.38. The number of anilines is 2. The molecule has 2 rings (SSSR count). The minimum atomic E-state index is 0.477. The van der Waals surface area contributed by atoms with E-state index in [9.17, 15) is 0 Å². The van der Waals surface area contributed by atoms with Gasteiger partial charge in [0.2, 0.25) is 0 Å². The zero-order valence-electron chi connectivity index (χ0n) is 12.9. The second-order valence-electron chi connectivity index (χ2n) is 5.23. The molecular weight excluding hydrogens is 252 g/mol. The summed E-state index contributed by atoms with van der Waals surface area (Å²) in [5.74, 6) is 2.68. The normalized spacial score (nSPS) is 19.1. The largest absolute Gasteiger partial charge is 0.374 e. The van der Waals surface area contributed by atoms with Crippen LogP contribution in [0.1, 0.15) is 45.9 Å². The third kappa shape index (κ3) is 3.82. The Kier molecular flexibility index (Phi) is 5.59. The van der Waals surface area contributed by atoms with Crippen molar-refractivity contribution in [1.82, 2.24) is 9.97 Å². The van der Waals surface area contributed by atoms with Crippen molar-refractivity contribution in [2.24, 2.45) is 0 Å². The van der Waals surface area contributed by atoms with Gasteiger partial charge in [-0.05, 0) is 40.0 Å². The van der Waals surface area contributed by atoms with E-state index in [0.29, 0.717) is 19.3 Å². The van der Waals surface area contributed by atoms with Crippen LogP contribution in [0.3, 0.4) is 0 Å². The second-order valence-corrected chi connectivity index (χ2v) is 5.23. The van der Waals surface area contributed by atoms with E-state index in [0.717, 1.165) is 30.5 Å². The Hall–Kier alpha value is -1.36. The molecule has 1 unspecified atom stereocenters. The molecule has 5 heteroatoms. The lowest BCUT2D eigenvalue weighted by Gasteiger charge is -2.34. The Labute approximate surface area is 121 Å². The van der Waals surface area contributed by atoms with Crippen molar-refractivity contribution in [3.05, 3.63) is 11.9 Å². The van der Waals surface area contributed by atoms with Gasteiger partial charge in [0.25, 0.3) is 0 Å². The van der Waals surface area contributed by atoms with Crippen LogP contribution in [0, 0.1) is 0 Å². The van der Waals surface area contributed by atoms with E-state index in [4.69, 9.17) is 4.74 Å². The third-order valence-electron chi connectivity index (χ3n) is 3.65. The fourth-order valence-corrected chi connectivity index (χ4v) is 2.60. The van der Waals surface area contributed by atoms with Crippen LogP contribution in [0.25, 0.3) is 0 Å². The summed E-state index contributed by atoms with van der Waals surface area (Å²) in [5, 5.41) is 3.29. The maximum absolute atomic E-state index is 5.45. The molecule has 1 aromatic rings. The van der Waals surface area contributed by atoms with Gasteiger partial charge in [0.1, 0.15) is 18.2 Å². The predicted molar refractivity (Wildman–Crippen MR) is 82.2 cm³/mol. The smallest absolute Gasteiger partial charge is 0.158 e. The van der Waals surface area contributed by atoms with Crippen LogP contribution in [0.2, 0.25) is 0 Å². The molecular formula is C15H26N4O. The van der Waals surface area contributed by atoms with E-state index in [1.54, 1.807) is 0 Å². The van der Waals surface area contributed by atoms with Crippen molar-refractivity contribution < 1.29 is 4.74 Å². The predicted octanol–water partition coefficient (Wildman–Crippen LogP) is 2.82. The summed E-state index contributed by atoms with van der Waals surface area (Å²) in [4.78, 5) is 11.6. The van der Waals surface area contributed by atoms with Gasteiger partial charge in [-0.15, -0.1) is 0 Å². The van der Waals surface area contributed by atoms with Crippen molar-refractivity contribution in [2.45, 2.75) is 52.7 Å². The summed E-state index contributed by atoms with van der Waals surface area (Å²) in [7, 11) is 0. The first kappa shape index (κ1) is 15.0. The number of aromatic nitrogens is 2. The van der Waals surface area contributed by atoms with Crippen LogP contribution in [0.15, 0.2) is 6.07 Å². The van der Waals surface area contributed by atoms with Crippen LogP contribution in [0.4, 0.5) is 11.6 Å². The number of ether oxygens (including phenoxy) is 1. The first-order chi connectivity index (χ1) is 9.74. The van der Waals surface area contributed by atoms with Gasteiger partial charge in [-0.25, -0.2) is 9.97 Å². The van der Waals surface area contributed by atoms with E-state index in [1.807, 2.05) is 6.92 Å². The van der Waals surface area contributed by atoms with Crippen molar-refractivity contribution >= 4 is 11.6 Å². The number of nitrogens with zero attached hydrogens (tertiary/aromatic N) is 3. The molecule has 20 heavy (non-hydrogen) atoms. The lowest BCUT2D eigenvalue weighted by atomic mass is 10.0. The molecule has 112 valence electrons. The fraction of sp³-hybridized carbons (Fsp3) is 0.733. The number of hydrogen-bond donors (Lipinski definition) is 1. The summed E-state index contributed by atoms with van der Waals surface area (Å²) >= 11 is 0. The van der Waals surface area contributed by atoms with Crippen molar-refractivity contribution in [1.29, 1.82) is 0 Å². The van der Waals surface area contributed by atoms with Crippen LogP contribution in [0.5, 0.6) is 0 Å². The van der Waals surface area contributed by atoms with E-state index in [2.05, 4.69) is 40.1 Å². The SMILES string of the molecule is CCNc1cc(N2CCCCC2C)nc(COCC)n1. The molecule has 0 amide bonds. The zero-order valence-corrected chi connectivity index (χ0v) is 12.9. The van der Waals surface area contributed by atoms with Crippen LogP contribution < -0.4 is 10.2 Å². The maximum atomic E-state index is 5.45. The topological polar surface area (TPSA) is 50.3 Å². The van der Waals surface area contributed by atoms with Gasteiger partial charge in [0.05, 0.1) is 0 Å². The highest BCUT2D eigenvalue weighted by Crippen LogP contribution is 2.24. The molecule has 0 bridgehead atoms. The lowest BCUT2D eigenvalue weighted by molar-refractivity contribution is 0.128. The Morgan fingerprint density at radius 3 is 2.90 bits per heavy atom. The second kappa shape index (κ2) is 7.43. The Bertz CT molecular complexity index is 424. The molecule has 0 radical (unpaired) electrons. The highest BCUT2D eigenvalue weighted by Gasteiger charge is 2.20. The highest BCUT2D eigenvalue weighted by atomic mass is 16.5. The van der Waals surface area contributed by atoms with Crippen LogP contribution in [-0.2, 0) is 11.3 Å². The van der Waals surface area contributed by atoms with E-state index >= 15 is 0 Å². The summed E-state index contributed by atoms with van der Waals surface area (Å²) < 4.78 is 5.45. The van der Waals surface area contributed by atoms with Gasteiger partial charge in [-0.2, -0.15) is 0 Å². The van der Waals surface area contributed by atoms with Crippen molar-refractivity contribution in [3.63, 3.8) is 0 Å². The number of rotatable bonds is 6. The summed E-state index contributed by atoms with van der Waals surface area (Å²) in [6, 6.07) is 2.61. The minimum absolute atomic E-state index is 0.477. The standard InChI is InChI=1S/C15H26N4O/c1-4-16-13-10-15(18-14(17-13)11-20-5-2)19-9-7-6-8-12(19)3/h10,12H,4-9,11H2,1-3H3,(H,16,17,18). The first-order valence-electron chi connectivity index (χ1n) is 7.70. The molecule has 1 aromatic heterocycles. The molecule has 1 saturated heterocycles. The quantitative estimate of drug-likeness (QED) is 0.867. The van der Waals surface area contributed by atoms with Gasteiger partial charge in [-0.3, -0.25) is 0 Å². The third-order valence-corrected chi connectivity index (χ3v) is 3.65. The summed E-state index contributed by atoms with van der Waals surface area (Å²) in [6.07, 6.45) is 3.79. The molecule has 2 heterocycles. The molecule has 5 nitrogen and oxygen atoms in total. The van der Waals surface area contributed by atoms with Gasteiger partial charge >= 0.3 is 0 Å². The van der Waals surface area contributed by atoms with Crippen molar-refractivity contribution in [2.75, 3.05) is 29.9 Å². The van der Waals surface area contributed by atoms with Gasteiger partial charge in [-0.1, -0.05) is 0 Å². The highest BCUT2D eigenvalue weighted by molar-refractivity contribution is 5.50. The molecule has 1 aliphatic heterocycles. The molecule has 1 fully saturated rings. The van der Waals surface area contributed by atoms with Crippen LogP contribution >= 0.6 is 0 Å².